The van der Waals surface area contributed by atoms with Gasteiger partial charge < -0.3 is 4.57 Å². The van der Waals surface area contributed by atoms with Crippen LogP contribution < -0.4 is 4.80 Å². The van der Waals surface area contributed by atoms with Gasteiger partial charge in [0.05, 0.1) is 10.2 Å². The lowest BCUT2D eigenvalue weighted by Crippen LogP contribution is -2.13. The number of aromatic nitrogens is 1. The van der Waals surface area contributed by atoms with Crippen molar-refractivity contribution in [3.8, 4) is 0 Å². The molecule has 0 unspecified atom stereocenters. The van der Waals surface area contributed by atoms with E-state index in [9.17, 15) is 4.79 Å². The van der Waals surface area contributed by atoms with E-state index in [2.05, 4.69) is 24.0 Å². The Balaban J connectivity index is 1.70. The maximum atomic E-state index is 12.2. The molecule has 0 aliphatic carbocycles. The van der Waals surface area contributed by atoms with Gasteiger partial charge in [-0.15, -0.1) is 11.8 Å². The molecule has 1 aromatic heterocycles. The number of fused-ring (bicyclic) bond motifs is 1. The monoisotopic (exact) mass is 376 g/mol. The molecule has 2 aromatic carbocycles. The van der Waals surface area contributed by atoms with Crippen LogP contribution in [-0.4, -0.2) is 16.2 Å². The predicted octanol–water partition coefficient (Wildman–Crippen LogP) is 4.81. The topological polar surface area (TPSA) is 34.4 Å². The second-order valence-corrected chi connectivity index (χ2v) is 8.04. The number of hydrogen-bond donors (Lipinski definition) is 0. The number of hydrogen-bond acceptors (Lipinski definition) is 3. The van der Waals surface area contributed by atoms with Crippen LogP contribution >= 0.6 is 34.7 Å². The summed E-state index contributed by atoms with van der Waals surface area (Å²) in [6.45, 7) is 2.07. The van der Waals surface area contributed by atoms with Crippen LogP contribution in [0.5, 0.6) is 0 Å². The molecule has 0 saturated carbocycles. The maximum absolute atomic E-state index is 12.2. The lowest BCUT2D eigenvalue weighted by atomic mass is 10.2. The van der Waals surface area contributed by atoms with E-state index >= 15 is 0 Å². The summed E-state index contributed by atoms with van der Waals surface area (Å²) in [6.07, 6.45) is 0.417. The molecule has 124 valence electrons. The van der Waals surface area contributed by atoms with Crippen LogP contribution in [0.4, 0.5) is 0 Å². The second kappa shape index (κ2) is 7.55. The largest absolute Gasteiger partial charge is 0.319 e. The van der Waals surface area contributed by atoms with Gasteiger partial charge >= 0.3 is 0 Å². The number of carbonyl (C=O) groups excluding carboxylic acids is 1. The highest BCUT2D eigenvalue weighted by molar-refractivity contribution is 7.99. The fraction of sp³-hybridized carbons (Fsp3) is 0.222. The van der Waals surface area contributed by atoms with Gasteiger partial charge in [-0.05, 0) is 42.8 Å². The highest BCUT2D eigenvalue weighted by Gasteiger charge is 2.07. The molecule has 0 N–H and O–H groups in total. The summed E-state index contributed by atoms with van der Waals surface area (Å²) in [4.78, 5) is 18.3. The lowest BCUT2D eigenvalue weighted by Gasteiger charge is -2.00. The average molecular weight is 377 g/mol. The van der Waals surface area contributed by atoms with Crippen molar-refractivity contribution in [3.63, 3.8) is 0 Å². The molecule has 6 heteroatoms. The Morgan fingerprint density at radius 2 is 2.00 bits per heavy atom. The van der Waals surface area contributed by atoms with Crippen LogP contribution in [0.2, 0.25) is 5.02 Å². The fourth-order valence-electron chi connectivity index (χ4n) is 2.45. The molecule has 3 aromatic rings. The number of nitrogens with zero attached hydrogens (tertiary/aromatic N) is 2. The number of thioether (sulfide) groups is 1. The summed E-state index contributed by atoms with van der Waals surface area (Å²) in [5.74, 6) is 0.619. The Kier molecular flexibility index (Phi) is 5.43. The number of rotatable bonds is 4. The van der Waals surface area contributed by atoms with Crippen molar-refractivity contribution in [1.29, 1.82) is 0 Å². The number of para-hydroxylation sites is 1. The molecule has 3 rings (SSSR count). The van der Waals surface area contributed by atoms with Gasteiger partial charge in [0, 0.05) is 29.1 Å². The standard InChI is InChI=1S/C18H17ClN2OS2/c1-12-4-3-5-15-17(12)21(2)18(24-15)20-16(22)10-11-23-14-8-6-13(19)7-9-14/h3-9H,10-11H2,1-2H3. The van der Waals surface area contributed by atoms with Gasteiger partial charge in [-0.2, -0.15) is 4.99 Å². The van der Waals surface area contributed by atoms with Crippen LogP contribution in [0, 0.1) is 6.92 Å². The zero-order chi connectivity index (χ0) is 17.1. The zero-order valence-corrected chi connectivity index (χ0v) is 15.8. The van der Waals surface area contributed by atoms with Gasteiger partial charge in [0.2, 0.25) is 5.91 Å². The number of carbonyl (C=O) groups is 1. The van der Waals surface area contributed by atoms with E-state index in [4.69, 9.17) is 11.6 Å². The van der Waals surface area contributed by atoms with E-state index < -0.39 is 0 Å². The van der Waals surface area contributed by atoms with E-state index in [1.54, 1.807) is 23.1 Å². The highest BCUT2D eigenvalue weighted by atomic mass is 35.5. The first-order valence-corrected chi connectivity index (χ1v) is 9.73. The number of thiazole rings is 1. The fourth-order valence-corrected chi connectivity index (χ4v) is 4.53. The molecule has 0 aliphatic heterocycles. The van der Waals surface area contributed by atoms with E-state index in [0.717, 1.165) is 24.9 Å². The minimum absolute atomic E-state index is 0.0868. The smallest absolute Gasteiger partial charge is 0.249 e. The quantitative estimate of drug-likeness (QED) is 0.612. The normalized spacial score (nSPS) is 12.0. The van der Waals surface area contributed by atoms with Crippen molar-refractivity contribution in [2.75, 3.05) is 5.75 Å². The zero-order valence-electron chi connectivity index (χ0n) is 13.5. The minimum atomic E-state index is -0.0868. The molecule has 0 aliphatic rings. The number of amides is 1. The Hall–Kier alpha value is -1.56. The second-order valence-electron chi connectivity index (χ2n) is 5.42. The van der Waals surface area contributed by atoms with Gasteiger partial charge in [0.1, 0.15) is 0 Å². The molecule has 0 atom stereocenters. The molecule has 24 heavy (non-hydrogen) atoms. The molecular weight excluding hydrogens is 360 g/mol. The number of aryl methyl sites for hydroxylation is 2. The van der Waals surface area contributed by atoms with Crippen LogP contribution in [0.1, 0.15) is 12.0 Å². The van der Waals surface area contributed by atoms with Crippen molar-refractivity contribution in [2.45, 2.75) is 18.2 Å². The van der Waals surface area contributed by atoms with Crippen molar-refractivity contribution in [1.82, 2.24) is 4.57 Å². The first-order valence-electron chi connectivity index (χ1n) is 7.55. The summed E-state index contributed by atoms with van der Waals surface area (Å²) < 4.78 is 3.15. The maximum Gasteiger partial charge on any atom is 0.249 e. The van der Waals surface area contributed by atoms with Gasteiger partial charge in [0.15, 0.2) is 4.80 Å². The third-order valence-electron chi connectivity index (χ3n) is 3.64. The van der Waals surface area contributed by atoms with E-state index in [1.165, 1.54) is 5.56 Å². The Bertz CT molecular complexity index is 942. The van der Waals surface area contributed by atoms with Gasteiger partial charge in [0.25, 0.3) is 0 Å². The number of halogens is 1. The first kappa shape index (κ1) is 17.3. The summed E-state index contributed by atoms with van der Waals surface area (Å²) >= 11 is 9.05. The van der Waals surface area contributed by atoms with E-state index in [1.807, 2.05) is 41.9 Å². The van der Waals surface area contributed by atoms with Crippen molar-refractivity contribution >= 4 is 50.8 Å². The average Bonchev–Trinajstić information content (AvgIpc) is 2.87. The first-order chi connectivity index (χ1) is 11.5. The van der Waals surface area contributed by atoms with Crippen LogP contribution in [0.3, 0.4) is 0 Å². The molecule has 0 radical (unpaired) electrons. The Morgan fingerprint density at radius 1 is 1.25 bits per heavy atom. The molecule has 1 heterocycles. The third kappa shape index (κ3) is 3.91. The third-order valence-corrected chi connectivity index (χ3v) is 6.01. The Morgan fingerprint density at radius 3 is 2.71 bits per heavy atom. The van der Waals surface area contributed by atoms with Crippen LogP contribution in [0.25, 0.3) is 10.2 Å². The molecule has 0 bridgehead atoms. The SMILES string of the molecule is Cc1cccc2sc(=NC(=O)CCSc3ccc(Cl)cc3)n(C)c12. The summed E-state index contributed by atoms with van der Waals surface area (Å²) in [5, 5.41) is 0.720. The van der Waals surface area contributed by atoms with Crippen molar-refractivity contribution < 1.29 is 4.79 Å². The minimum Gasteiger partial charge on any atom is -0.319 e. The molecule has 3 nitrogen and oxygen atoms in total. The van der Waals surface area contributed by atoms with Gasteiger partial charge in [-0.3, -0.25) is 4.79 Å². The lowest BCUT2D eigenvalue weighted by molar-refractivity contribution is -0.117. The van der Waals surface area contributed by atoms with Crippen LogP contribution in [0.15, 0.2) is 52.4 Å². The number of benzene rings is 2. The molecule has 0 fully saturated rings. The summed E-state index contributed by atoms with van der Waals surface area (Å²) in [5.41, 5.74) is 2.34. The summed E-state index contributed by atoms with van der Waals surface area (Å²) in [6, 6.07) is 13.8. The molecule has 0 saturated heterocycles. The van der Waals surface area contributed by atoms with Crippen molar-refractivity contribution in [3.05, 3.63) is 57.9 Å². The van der Waals surface area contributed by atoms with E-state index in [-0.39, 0.29) is 5.91 Å². The summed E-state index contributed by atoms with van der Waals surface area (Å²) in [7, 11) is 1.96. The van der Waals surface area contributed by atoms with Gasteiger partial charge in [-0.25, -0.2) is 0 Å². The van der Waals surface area contributed by atoms with Gasteiger partial charge in [-0.1, -0.05) is 35.1 Å². The van der Waals surface area contributed by atoms with Crippen molar-refractivity contribution in [2.24, 2.45) is 12.0 Å². The van der Waals surface area contributed by atoms with Crippen LogP contribution in [-0.2, 0) is 11.8 Å². The Labute approximate surface area is 154 Å². The molecule has 1 amide bonds. The predicted molar refractivity (Wildman–Crippen MR) is 103 cm³/mol. The molecule has 0 spiro atoms. The highest BCUT2D eigenvalue weighted by Crippen LogP contribution is 2.21. The van der Waals surface area contributed by atoms with E-state index in [0.29, 0.717) is 12.2 Å². The molecular formula is C18H17ClN2OS2.